The monoisotopic (exact) mass is 633 g/mol. The third kappa shape index (κ3) is 13.3. The lowest BCUT2D eigenvalue weighted by atomic mass is 9.82. The molecule has 4 N–H and O–H groups in total. The fraction of sp³-hybridized carbons (Fsp3) is 0.615. The largest absolute Gasteiger partial charge is 0.391 e. The van der Waals surface area contributed by atoms with E-state index in [9.17, 15) is 19.5 Å². The van der Waals surface area contributed by atoms with Gasteiger partial charge in [0.1, 0.15) is 6.04 Å². The highest BCUT2D eigenvalue weighted by atomic mass is 16.3. The molecule has 0 saturated heterocycles. The highest BCUT2D eigenvalue weighted by molar-refractivity contribution is 5.89. The minimum atomic E-state index is -0.872. The van der Waals surface area contributed by atoms with Gasteiger partial charge < -0.3 is 21.1 Å². The predicted molar refractivity (Wildman–Crippen MR) is 186 cm³/mol. The first-order chi connectivity index (χ1) is 21.9. The minimum Gasteiger partial charge on any atom is -0.391 e. The zero-order valence-electron chi connectivity index (χ0n) is 28.9. The molecule has 0 spiro atoms. The first kappa shape index (κ1) is 37.3. The normalized spacial score (nSPS) is 16.7. The van der Waals surface area contributed by atoms with E-state index in [1.165, 1.54) is 6.42 Å². The third-order valence-corrected chi connectivity index (χ3v) is 9.17. The zero-order chi connectivity index (χ0) is 33.5. The van der Waals surface area contributed by atoms with E-state index < -0.39 is 24.1 Å². The summed E-state index contributed by atoms with van der Waals surface area (Å²) in [4.78, 5) is 40.6. The molecule has 1 aliphatic rings. The van der Waals surface area contributed by atoms with Crippen molar-refractivity contribution in [1.29, 1.82) is 0 Å². The first-order valence-corrected chi connectivity index (χ1v) is 17.6. The summed E-state index contributed by atoms with van der Waals surface area (Å²) in [7, 11) is 0. The van der Waals surface area contributed by atoms with Gasteiger partial charge in [-0.05, 0) is 54.6 Å². The molecular formula is C39H59N3O4. The second kappa shape index (κ2) is 18.8. The van der Waals surface area contributed by atoms with Crippen LogP contribution in [0, 0.1) is 23.2 Å². The average Bonchev–Trinajstić information content (AvgIpc) is 3.03. The maximum atomic E-state index is 13.9. The van der Waals surface area contributed by atoms with E-state index in [0.717, 1.165) is 43.2 Å². The van der Waals surface area contributed by atoms with E-state index in [4.69, 9.17) is 0 Å². The van der Waals surface area contributed by atoms with Gasteiger partial charge in [0.05, 0.1) is 12.1 Å². The minimum absolute atomic E-state index is 0.0363. The van der Waals surface area contributed by atoms with Gasteiger partial charge in [-0.25, -0.2) is 0 Å². The van der Waals surface area contributed by atoms with Gasteiger partial charge in [-0.15, -0.1) is 0 Å². The van der Waals surface area contributed by atoms with Crippen molar-refractivity contribution < 1.29 is 19.5 Å². The van der Waals surface area contributed by atoms with E-state index in [-0.39, 0.29) is 35.5 Å². The number of hydrogen-bond acceptors (Lipinski definition) is 4. The lowest BCUT2D eigenvalue weighted by Gasteiger charge is -2.32. The van der Waals surface area contributed by atoms with Gasteiger partial charge in [-0.2, -0.15) is 0 Å². The van der Waals surface area contributed by atoms with Crippen LogP contribution in [0.25, 0.3) is 0 Å². The number of hydrogen-bond donors (Lipinski definition) is 4. The van der Waals surface area contributed by atoms with Crippen molar-refractivity contribution in [3.05, 3.63) is 71.8 Å². The number of carbonyl (C=O) groups excluding carboxylic acids is 3. The van der Waals surface area contributed by atoms with E-state index in [1.54, 1.807) is 0 Å². The van der Waals surface area contributed by atoms with Crippen molar-refractivity contribution in [2.75, 3.05) is 6.54 Å². The fourth-order valence-corrected chi connectivity index (χ4v) is 6.44. The molecule has 46 heavy (non-hydrogen) atoms. The van der Waals surface area contributed by atoms with Crippen LogP contribution in [0.5, 0.6) is 0 Å². The number of aliphatic hydroxyl groups is 1. The third-order valence-electron chi connectivity index (χ3n) is 9.17. The summed E-state index contributed by atoms with van der Waals surface area (Å²) in [6.45, 7) is 10.6. The second-order valence-corrected chi connectivity index (χ2v) is 14.8. The molecule has 2 aromatic carbocycles. The van der Waals surface area contributed by atoms with Crippen molar-refractivity contribution >= 4 is 17.7 Å². The van der Waals surface area contributed by atoms with Gasteiger partial charge in [0.25, 0.3) is 0 Å². The lowest BCUT2D eigenvalue weighted by Crippen LogP contribution is -2.54. The van der Waals surface area contributed by atoms with Crippen LogP contribution in [0.2, 0.25) is 0 Å². The number of aliphatic hydroxyl groups excluding tert-OH is 1. The molecule has 3 amide bonds. The quantitative estimate of drug-likeness (QED) is 0.162. The SMILES string of the molecule is CCC[C@H](NC(=O)C(Cc1ccccc1)Cc1ccccc1)C(=O)N[C@@H](CC1CCCCC1)[C@@H](O)C[C@@H](C)C(=O)NCC(C)(C)C. The van der Waals surface area contributed by atoms with Crippen molar-refractivity contribution in [2.45, 2.75) is 123 Å². The molecule has 2 aromatic rings. The van der Waals surface area contributed by atoms with Gasteiger partial charge in [-0.1, -0.05) is 134 Å². The van der Waals surface area contributed by atoms with E-state index in [1.807, 2.05) is 74.5 Å². The van der Waals surface area contributed by atoms with Crippen molar-refractivity contribution in [1.82, 2.24) is 16.0 Å². The van der Waals surface area contributed by atoms with Crippen molar-refractivity contribution in [2.24, 2.45) is 23.2 Å². The standard InChI is InChI=1S/C39H59N3O4/c1-6-16-33(41-37(45)32(24-29-17-10-7-11-18-29)25-30-19-12-8-13-20-30)38(46)42-34(26-31-21-14-9-15-22-31)35(43)23-28(2)36(44)40-27-39(3,4)5/h7-8,10-13,17-20,28,31-35,43H,6,9,14-16,21-27H2,1-5H3,(H,40,44)(H,41,45)(H,42,46)/t28-,33+,34+,35+/m1/s1. The molecular weight excluding hydrogens is 574 g/mol. The summed E-state index contributed by atoms with van der Waals surface area (Å²) in [5.74, 6) is -0.818. The Morgan fingerprint density at radius 3 is 1.91 bits per heavy atom. The Morgan fingerprint density at radius 2 is 1.39 bits per heavy atom. The van der Waals surface area contributed by atoms with E-state index in [0.29, 0.717) is 38.1 Å². The maximum Gasteiger partial charge on any atom is 0.242 e. The smallest absolute Gasteiger partial charge is 0.242 e. The molecule has 0 aliphatic heterocycles. The molecule has 1 aliphatic carbocycles. The molecule has 0 bridgehead atoms. The summed E-state index contributed by atoms with van der Waals surface area (Å²) in [5.41, 5.74) is 2.11. The number of rotatable bonds is 17. The molecule has 1 saturated carbocycles. The van der Waals surface area contributed by atoms with Gasteiger partial charge in [0, 0.05) is 18.4 Å². The summed E-state index contributed by atoms with van der Waals surface area (Å²) in [6, 6.07) is 18.8. The Kier molecular flexibility index (Phi) is 15.3. The summed E-state index contributed by atoms with van der Waals surface area (Å²) < 4.78 is 0. The van der Waals surface area contributed by atoms with Gasteiger partial charge >= 0.3 is 0 Å². The topological polar surface area (TPSA) is 108 Å². The first-order valence-electron chi connectivity index (χ1n) is 17.6. The molecule has 0 aromatic heterocycles. The molecule has 4 atom stereocenters. The fourth-order valence-electron chi connectivity index (χ4n) is 6.44. The van der Waals surface area contributed by atoms with Gasteiger partial charge in [0.2, 0.25) is 17.7 Å². The van der Waals surface area contributed by atoms with E-state index in [2.05, 4.69) is 36.7 Å². The number of nitrogens with one attached hydrogen (secondary N) is 3. The van der Waals surface area contributed by atoms with Crippen molar-refractivity contribution in [3.8, 4) is 0 Å². The van der Waals surface area contributed by atoms with Crippen LogP contribution < -0.4 is 16.0 Å². The lowest BCUT2D eigenvalue weighted by molar-refractivity contribution is -0.132. The Morgan fingerprint density at radius 1 is 0.826 bits per heavy atom. The number of carbonyl (C=O) groups is 3. The summed E-state index contributed by atoms with van der Waals surface area (Å²) >= 11 is 0. The molecule has 3 rings (SSSR count). The summed E-state index contributed by atoms with van der Waals surface area (Å²) in [6.07, 6.45) is 8.11. The van der Waals surface area contributed by atoms with Gasteiger partial charge in [-0.3, -0.25) is 14.4 Å². The molecule has 0 unspecified atom stereocenters. The molecule has 7 nitrogen and oxygen atoms in total. The predicted octanol–water partition coefficient (Wildman–Crippen LogP) is 6.38. The van der Waals surface area contributed by atoms with Crippen LogP contribution in [0.4, 0.5) is 0 Å². The molecule has 1 fully saturated rings. The summed E-state index contributed by atoms with van der Waals surface area (Å²) in [5, 5.41) is 20.7. The Balaban J connectivity index is 1.73. The Labute approximate surface area is 277 Å². The zero-order valence-corrected chi connectivity index (χ0v) is 28.9. The molecule has 0 heterocycles. The average molecular weight is 634 g/mol. The van der Waals surface area contributed by atoms with Crippen LogP contribution in [0.3, 0.4) is 0 Å². The Hall–Kier alpha value is -3.19. The Bertz CT molecular complexity index is 1150. The van der Waals surface area contributed by atoms with E-state index >= 15 is 0 Å². The molecule has 254 valence electrons. The highest BCUT2D eigenvalue weighted by Crippen LogP contribution is 2.29. The maximum absolute atomic E-state index is 13.9. The van der Waals surface area contributed by atoms with Crippen LogP contribution in [0.15, 0.2) is 60.7 Å². The van der Waals surface area contributed by atoms with Crippen molar-refractivity contribution in [3.63, 3.8) is 0 Å². The van der Waals surface area contributed by atoms with Crippen LogP contribution in [0.1, 0.15) is 104 Å². The molecule has 0 radical (unpaired) electrons. The van der Waals surface area contributed by atoms with Gasteiger partial charge in [0.15, 0.2) is 0 Å². The number of benzene rings is 2. The number of amides is 3. The second-order valence-electron chi connectivity index (χ2n) is 14.8. The van der Waals surface area contributed by atoms with Crippen LogP contribution >= 0.6 is 0 Å². The van der Waals surface area contributed by atoms with Crippen LogP contribution in [-0.4, -0.2) is 47.6 Å². The van der Waals surface area contributed by atoms with Crippen LogP contribution in [-0.2, 0) is 27.2 Å². The molecule has 7 heteroatoms. The highest BCUT2D eigenvalue weighted by Gasteiger charge is 2.32.